The van der Waals surface area contributed by atoms with Gasteiger partial charge >= 0.3 is 0 Å². The normalized spacial score (nSPS) is 17.1. The van der Waals surface area contributed by atoms with E-state index in [4.69, 9.17) is 9.47 Å². The van der Waals surface area contributed by atoms with Gasteiger partial charge in [0.25, 0.3) is 0 Å². The standard InChI is InChI=1S/C10H16N4O2/c1-2-16-10-7-9(11-8-12-10)13-14-3-5-15-6-4-14/h7-8H,2-6H2,1H3,(H,11,12,13). The summed E-state index contributed by atoms with van der Waals surface area (Å²) in [6.07, 6.45) is 1.49. The van der Waals surface area contributed by atoms with Crippen molar-refractivity contribution in [3.05, 3.63) is 12.4 Å². The summed E-state index contributed by atoms with van der Waals surface area (Å²) < 4.78 is 10.6. The second-order valence-corrected chi connectivity index (χ2v) is 3.39. The summed E-state index contributed by atoms with van der Waals surface area (Å²) in [5.74, 6) is 1.34. The van der Waals surface area contributed by atoms with Gasteiger partial charge in [-0.2, -0.15) is 0 Å². The number of ether oxygens (including phenoxy) is 2. The number of morpholine rings is 1. The second kappa shape index (κ2) is 5.62. The van der Waals surface area contributed by atoms with Crippen LogP contribution in [0.3, 0.4) is 0 Å². The Labute approximate surface area is 94.6 Å². The second-order valence-electron chi connectivity index (χ2n) is 3.39. The molecular weight excluding hydrogens is 208 g/mol. The van der Waals surface area contributed by atoms with Gasteiger partial charge in [0.15, 0.2) is 0 Å². The first-order valence-electron chi connectivity index (χ1n) is 5.42. The van der Waals surface area contributed by atoms with Gasteiger partial charge in [0.1, 0.15) is 12.1 Å². The van der Waals surface area contributed by atoms with Gasteiger partial charge in [-0.15, -0.1) is 0 Å². The van der Waals surface area contributed by atoms with Crippen LogP contribution in [0.5, 0.6) is 5.88 Å². The van der Waals surface area contributed by atoms with Crippen molar-refractivity contribution in [2.24, 2.45) is 0 Å². The molecule has 1 aliphatic rings. The van der Waals surface area contributed by atoms with Crippen LogP contribution in [-0.2, 0) is 4.74 Å². The molecule has 0 radical (unpaired) electrons. The van der Waals surface area contributed by atoms with Crippen LogP contribution in [0.4, 0.5) is 5.82 Å². The number of nitrogens with zero attached hydrogens (tertiary/aromatic N) is 3. The molecule has 1 aromatic rings. The lowest BCUT2D eigenvalue weighted by molar-refractivity contribution is 0.0494. The van der Waals surface area contributed by atoms with Crippen LogP contribution < -0.4 is 10.2 Å². The van der Waals surface area contributed by atoms with Crippen LogP contribution >= 0.6 is 0 Å². The van der Waals surface area contributed by atoms with Crippen molar-refractivity contribution in [1.29, 1.82) is 0 Å². The predicted octanol–water partition coefficient (Wildman–Crippen LogP) is 0.534. The smallest absolute Gasteiger partial charge is 0.218 e. The first-order chi connectivity index (χ1) is 7.88. The largest absolute Gasteiger partial charge is 0.478 e. The van der Waals surface area contributed by atoms with E-state index in [1.807, 2.05) is 6.92 Å². The van der Waals surface area contributed by atoms with Crippen LogP contribution in [0.25, 0.3) is 0 Å². The maximum Gasteiger partial charge on any atom is 0.218 e. The third-order valence-corrected chi connectivity index (χ3v) is 2.22. The van der Waals surface area contributed by atoms with E-state index in [0.29, 0.717) is 12.5 Å². The SMILES string of the molecule is CCOc1cc(NN2CCOCC2)ncn1. The number of hydrazine groups is 1. The topological polar surface area (TPSA) is 59.5 Å². The van der Waals surface area contributed by atoms with E-state index < -0.39 is 0 Å². The molecule has 0 spiro atoms. The van der Waals surface area contributed by atoms with Gasteiger partial charge in [-0.25, -0.2) is 15.0 Å². The van der Waals surface area contributed by atoms with Crippen LogP contribution in [0.1, 0.15) is 6.92 Å². The molecule has 0 amide bonds. The van der Waals surface area contributed by atoms with Gasteiger partial charge in [0.05, 0.1) is 19.8 Å². The first-order valence-corrected chi connectivity index (χ1v) is 5.42. The van der Waals surface area contributed by atoms with Gasteiger partial charge < -0.3 is 14.9 Å². The molecule has 1 aliphatic heterocycles. The molecule has 0 atom stereocenters. The van der Waals surface area contributed by atoms with Crippen LogP contribution in [0, 0.1) is 0 Å². The Morgan fingerprint density at radius 2 is 2.25 bits per heavy atom. The molecule has 0 saturated carbocycles. The van der Waals surface area contributed by atoms with Crippen molar-refractivity contribution in [3.63, 3.8) is 0 Å². The highest BCUT2D eigenvalue weighted by molar-refractivity contribution is 5.35. The van der Waals surface area contributed by atoms with E-state index >= 15 is 0 Å². The molecule has 1 saturated heterocycles. The minimum absolute atomic E-state index is 0.591. The summed E-state index contributed by atoms with van der Waals surface area (Å²) in [7, 11) is 0. The van der Waals surface area contributed by atoms with Gasteiger partial charge in [0.2, 0.25) is 5.88 Å². The van der Waals surface area contributed by atoms with E-state index in [1.165, 1.54) is 6.33 Å². The van der Waals surface area contributed by atoms with Gasteiger partial charge in [-0.1, -0.05) is 0 Å². The highest BCUT2D eigenvalue weighted by Crippen LogP contribution is 2.11. The molecule has 2 rings (SSSR count). The number of anilines is 1. The van der Waals surface area contributed by atoms with Gasteiger partial charge in [0, 0.05) is 19.2 Å². The zero-order chi connectivity index (χ0) is 11.2. The van der Waals surface area contributed by atoms with E-state index in [1.54, 1.807) is 6.07 Å². The average molecular weight is 224 g/mol. The minimum atomic E-state index is 0.591. The number of hydrogen-bond donors (Lipinski definition) is 1. The fraction of sp³-hybridized carbons (Fsp3) is 0.600. The molecule has 2 heterocycles. The Balaban J connectivity index is 1.94. The molecule has 0 aliphatic carbocycles. The van der Waals surface area contributed by atoms with Crippen LogP contribution in [0.2, 0.25) is 0 Å². The summed E-state index contributed by atoms with van der Waals surface area (Å²) in [4.78, 5) is 8.14. The zero-order valence-corrected chi connectivity index (χ0v) is 9.35. The Kier molecular flexibility index (Phi) is 3.90. The third kappa shape index (κ3) is 3.04. The number of nitrogens with one attached hydrogen (secondary N) is 1. The van der Waals surface area contributed by atoms with Crippen molar-refractivity contribution >= 4 is 5.82 Å². The van der Waals surface area contributed by atoms with Crippen molar-refractivity contribution in [2.45, 2.75) is 6.92 Å². The maximum atomic E-state index is 5.30. The molecule has 88 valence electrons. The fourth-order valence-corrected chi connectivity index (χ4v) is 1.46. The van der Waals surface area contributed by atoms with E-state index in [-0.39, 0.29) is 0 Å². The highest BCUT2D eigenvalue weighted by Gasteiger charge is 2.10. The third-order valence-electron chi connectivity index (χ3n) is 2.22. The molecule has 0 aromatic carbocycles. The molecule has 6 nitrogen and oxygen atoms in total. The van der Waals surface area contributed by atoms with Crippen LogP contribution in [0.15, 0.2) is 12.4 Å². The molecular formula is C10H16N4O2. The van der Waals surface area contributed by atoms with Crippen molar-refractivity contribution in [3.8, 4) is 5.88 Å². The lowest BCUT2D eigenvalue weighted by atomic mass is 10.5. The Bertz CT molecular complexity index is 328. The van der Waals surface area contributed by atoms with Crippen molar-refractivity contribution in [2.75, 3.05) is 38.3 Å². The van der Waals surface area contributed by atoms with Crippen molar-refractivity contribution in [1.82, 2.24) is 15.0 Å². The predicted molar refractivity (Wildman–Crippen MR) is 59.2 cm³/mol. The Morgan fingerprint density at radius 1 is 1.44 bits per heavy atom. The Morgan fingerprint density at radius 3 is 3.00 bits per heavy atom. The zero-order valence-electron chi connectivity index (χ0n) is 9.35. The molecule has 16 heavy (non-hydrogen) atoms. The number of rotatable bonds is 4. The first kappa shape index (κ1) is 11.1. The van der Waals surface area contributed by atoms with E-state index in [0.717, 1.165) is 32.1 Å². The minimum Gasteiger partial charge on any atom is -0.478 e. The summed E-state index contributed by atoms with van der Waals surface area (Å²) in [5, 5.41) is 2.07. The lowest BCUT2D eigenvalue weighted by Gasteiger charge is -2.27. The monoisotopic (exact) mass is 224 g/mol. The highest BCUT2D eigenvalue weighted by atomic mass is 16.5. The molecule has 1 N–H and O–H groups in total. The summed E-state index contributed by atoms with van der Waals surface area (Å²) in [6, 6.07) is 1.79. The van der Waals surface area contributed by atoms with Crippen molar-refractivity contribution < 1.29 is 9.47 Å². The number of aromatic nitrogens is 2. The summed E-state index contributed by atoms with van der Waals surface area (Å²) >= 11 is 0. The lowest BCUT2D eigenvalue weighted by Crippen LogP contribution is -2.40. The Hall–Kier alpha value is -1.40. The van der Waals surface area contributed by atoms with Gasteiger partial charge in [-0.05, 0) is 6.92 Å². The summed E-state index contributed by atoms with van der Waals surface area (Å²) in [5.41, 5.74) is 3.20. The molecule has 0 bridgehead atoms. The number of hydrogen-bond acceptors (Lipinski definition) is 6. The van der Waals surface area contributed by atoms with E-state index in [9.17, 15) is 0 Å². The fourth-order valence-electron chi connectivity index (χ4n) is 1.46. The van der Waals surface area contributed by atoms with Gasteiger partial charge in [-0.3, -0.25) is 0 Å². The van der Waals surface area contributed by atoms with E-state index in [2.05, 4.69) is 20.4 Å². The average Bonchev–Trinajstić information content (AvgIpc) is 2.31. The molecule has 1 aromatic heterocycles. The molecule has 1 fully saturated rings. The molecule has 0 unspecified atom stereocenters. The van der Waals surface area contributed by atoms with Crippen LogP contribution in [-0.4, -0.2) is 47.9 Å². The quantitative estimate of drug-likeness (QED) is 0.805. The maximum absolute atomic E-state index is 5.30. The molecule has 6 heteroatoms. The summed E-state index contributed by atoms with van der Waals surface area (Å²) in [6.45, 7) is 5.74.